The van der Waals surface area contributed by atoms with Gasteiger partial charge in [-0.3, -0.25) is 9.59 Å². The normalized spacial score (nSPS) is 22.7. The molecule has 7 heteroatoms. The highest BCUT2D eigenvalue weighted by molar-refractivity contribution is 6.14. The molecule has 0 bridgehead atoms. The first kappa shape index (κ1) is 21.9. The Labute approximate surface area is 187 Å². The van der Waals surface area contributed by atoms with Gasteiger partial charge in [-0.25, -0.2) is 4.99 Å². The molecule has 2 aromatic carbocycles. The molecule has 1 saturated carbocycles. The first-order chi connectivity index (χ1) is 15.4. The second-order valence-electron chi connectivity index (χ2n) is 8.12. The summed E-state index contributed by atoms with van der Waals surface area (Å²) < 4.78 is 16.4. The standard InChI is InChI=1S/C25H27NO6/c1-4-32-23-11-14(5-7-20(23)27)18-13-24(29)26-19-9-15(10-21(28)25(18)19)17-12-16(30-2)6-8-22(17)31-3/h5-8,11-12,15,18,25,27H,4,9-10,13H2,1-3H3. The molecule has 0 aromatic heterocycles. The van der Waals surface area contributed by atoms with Gasteiger partial charge in [0.05, 0.1) is 26.7 Å². The minimum atomic E-state index is -0.459. The van der Waals surface area contributed by atoms with Crippen molar-refractivity contribution in [1.82, 2.24) is 0 Å². The molecular formula is C25H27NO6. The van der Waals surface area contributed by atoms with Crippen LogP contribution >= 0.6 is 0 Å². The second kappa shape index (κ2) is 9.02. The number of carbonyl (C=O) groups excluding carboxylic acids is 2. The van der Waals surface area contributed by atoms with Crippen molar-refractivity contribution in [2.24, 2.45) is 10.9 Å². The largest absolute Gasteiger partial charge is 0.504 e. The van der Waals surface area contributed by atoms with Crippen molar-refractivity contribution in [3.05, 3.63) is 47.5 Å². The number of nitrogens with zero attached hydrogens (tertiary/aromatic N) is 1. The van der Waals surface area contributed by atoms with E-state index >= 15 is 0 Å². The summed E-state index contributed by atoms with van der Waals surface area (Å²) in [6, 6.07) is 10.6. The maximum absolute atomic E-state index is 13.4. The summed E-state index contributed by atoms with van der Waals surface area (Å²) in [5.74, 6) is 0.633. The van der Waals surface area contributed by atoms with Gasteiger partial charge in [0.2, 0.25) is 5.91 Å². The fraction of sp³-hybridized carbons (Fsp3) is 0.400. The SMILES string of the molecule is CCOc1cc(C2CC(=O)N=C3CC(c4cc(OC)ccc4OC)CC(=O)C32)ccc1O. The zero-order valence-corrected chi connectivity index (χ0v) is 18.5. The van der Waals surface area contributed by atoms with Gasteiger partial charge in [0, 0.05) is 30.0 Å². The van der Waals surface area contributed by atoms with Crippen molar-refractivity contribution in [2.75, 3.05) is 20.8 Å². The van der Waals surface area contributed by atoms with Crippen molar-refractivity contribution in [2.45, 2.75) is 38.0 Å². The summed E-state index contributed by atoms with van der Waals surface area (Å²) in [6.07, 6.45) is 0.982. The number of aliphatic imine (C=N–C) groups is 1. The van der Waals surface area contributed by atoms with Gasteiger partial charge >= 0.3 is 0 Å². The number of aromatic hydroxyl groups is 1. The maximum Gasteiger partial charge on any atom is 0.246 e. The number of rotatable bonds is 6. The van der Waals surface area contributed by atoms with Crippen LogP contribution in [0.2, 0.25) is 0 Å². The van der Waals surface area contributed by atoms with Crippen molar-refractivity contribution in [1.29, 1.82) is 0 Å². The number of hydrogen-bond acceptors (Lipinski definition) is 6. The van der Waals surface area contributed by atoms with Crippen molar-refractivity contribution in [3.8, 4) is 23.0 Å². The van der Waals surface area contributed by atoms with Gasteiger partial charge < -0.3 is 19.3 Å². The summed E-state index contributed by atoms with van der Waals surface area (Å²) in [5.41, 5.74) is 2.28. The van der Waals surface area contributed by atoms with Crippen LogP contribution in [0.25, 0.3) is 0 Å². The van der Waals surface area contributed by atoms with Crippen LogP contribution in [-0.2, 0) is 9.59 Å². The van der Waals surface area contributed by atoms with E-state index in [9.17, 15) is 14.7 Å². The lowest BCUT2D eigenvalue weighted by Crippen LogP contribution is -2.40. The molecule has 1 N–H and O–H groups in total. The van der Waals surface area contributed by atoms with Crippen LogP contribution in [0.15, 0.2) is 41.4 Å². The molecular weight excluding hydrogens is 410 g/mol. The summed E-state index contributed by atoms with van der Waals surface area (Å²) in [5, 5.41) is 10.0. The predicted octanol–water partition coefficient (Wildman–Crippen LogP) is 4.03. The van der Waals surface area contributed by atoms with E-state index in [4.69, 9.17) is 14.2 Å². The monoisotopic (exact) mass is 437 g/mol. The fourth-order valence-electron chi connectivity index (χ4n) is 4.81. The molecule has 7 nitrogen and oxygen atoms in total. The molecule has 1 heterocycles. The lowest BCUT2D eigenvalue weighted by Gasteiger charge is -2.37. The predicted molar refractivity (Wildman–Crippen MR) is 119 cm³/mol. The van der Waals surface area contributed by atoms with E-state index in [1.165, 1.54) is 0 Å². The quantitative estimate of drug-likeness (QED) is 0.733. The number of hydrogen-bond donors (Lipinski definition) is 1. The van der Waals surface area contributed by atoms with Crippen LogP contribution in [0, 0.1) is 5.92 Å². The van der Waals surface area contributed by atoms with Gasteiger partial charge in [-0.15, -0.1) is 0 Å². The highest BCUT2D eigenvalue weighted by atomic mass is 16.5. The van der Waals surface area contributed by atoms with Crippen LogP contribution in [0.4, 0.5) is 0 Å². The molecule has 1 fully saturated rings. The second-order valence-corrected chi connectivity index (χ2v) is 8.12. The Morgan fingerprint density at radius 1 is 1.00 bits per heavy atom. The van der Waals surface area contributed by atoms with Crippen molar-refractivity contribution < 1.29 is 28.9 Å². The molecule has 0 saturated heterocycles. The average molecular weight is 437 g/mol. The van der Waals surface area contributed by atoms with E-state index in [0.717, 1.165) is 11.1 Å². The van der Waals surface area contributed by atoms with Gasteiger partial charge in [0.15, 0.2) is 11.5 Å². The van der Waals surface area contributed by atoms with E-state index in [2.05, 4.69) is 4.99 Å². The lowest BCUT2D eigenvalue weighted by atomic mass is 9.67. The van der Waals surface area contributed by atoms with Crippen molar-refractivity contribution >= 4 is 17.4 Å². The van der Waals surface area contributed by atoms with Gasteiger partial charge in [0.1, 0.15) is 17.3 Å². The first-order valence-electron chi connectivity index (χ1n) is 10.8. The van der Waals surface area contributed by atoms with E-state index in [1.54, 1.807) is 32.4 Å². The molecule has 168 valence electrons. The number of methoxy groups -OCH3 is 2. The first-order valence-corrected chi connectivity index (χ1v) is 10.8. The number of benzene rings is 2. The Kier molecular flexibility index (Phi) is 6.17. The van der Waals surface area contributed by atoms with Gasteiger partial charge in [-0.05, 0) is 55.2 Å². The fourth-order valence-corrected chi connectivity index (χ4v) is 4.81. The van der Waals surface area contributed by atoms with E-state index in [-0.39, 0.29) is 35.7 Å². The third-order valence-corrected chi connectivity index (χ3v) is 6.26. The molecule has 4 rings (SSSR count). The molecule has 0 radical (unpaired) electrons. The van der Waals surface area contributed by atoms with Gasteiger partial charge in [0.25, 0.3) is 0 Å². The van der Waals surface area contributed by atoms with Crippen molar-refractivity contribution in [3.63, 3.8) is 0 Å². The number of Topliss-reactive ketones (excluding diaryl/α,β-unsaturated/α-hetero) is 1. The zero-order chi connectivity index (χ0) is 22.8. The number of fused-ring (bicyclic) bond motifs is 1. The molecule has 32 heavy (non-hydrogen) atoms. The van der Waals surface area contributed by atoms with E-state index < -0.39 is 5.92 Å². The number of phenolic OH excluding ortho intramolecular Hbond substituents is 1. The smallest absolute Gasteiger partial charge is 0.246 e. The highest BCUT2D eigenvalue weighted by Gasteiger charge is 2.44. The van der Waals surface area contributed by atoms with Crippen LogP contribution in [0.5, 0.6) is 23.0 Å². The Morgan fingerprint density at radius 3 is 2.53 bits per heavy atom. The molecule has 1 aliphatic heterocycles. The molecule has 2 aromatic rings. The van der Waals surface area contributed by atoms with Gasteiger partial charge in [-0.2, -0.15) is 0 Å². The molecule has 3 atom stereocenters. The molecule has 2 aliphatic rings. The van der Waals surface area contributed by atoms with Gasteiger partial charge in [-0.1, -0.05) is 6.07 Å². The van der Waals surface area contributed by atoms with E-state index in [1.807, 2.05) is 25.1 Å². The Balaban J connectivity index is 1.68. The topological polar surface area (TPSA) is 94.4 Å². The Morgan fingerprint density at radius 2 is 1.81 bits per heavy atom. The molecule has 1 amide bonds. The minimum absolute atomic E-state index is 0.0341. The summed E-state index contributed by atoms with van der Waals surface area (Å²) >= 11 is 0. The molecule has 0 spiro atoms. The number of ether oxygens (including phenoxy) is 3. The third-order valence-electron chi connectivity index (χ3n) is 6.26. The average Bonchev–Trinajstić information content (AvgIpc) is 2.79. The molecule has 1 aliphatic carbocycles. The zero-order valence-electron chi connectivity index (χ0n) is 18.5. The summed E-state index contributed by atoms with van der Waals surface area (Å²) in [6.45, 7) is 2.23. The van der Waals surface area contributed by atoms with Crippen LogP contribution in [0.1, 0.15) is 49.1 Å². The lowest BCUT2D eigenvalue weighted by molar-refractivity contribution is -0.124. The van der Waals surface area contributed by atoms with E-state index in [0.29, 0.717) is 42.4 Å². The minimum Gasteiger partial charge on any atom is -0.504 e. The van der Waals surface area contributed by atoms with Crippen LogP contribution < -0.4 is 14.2 Å². The summed E-state index contributed by atoms with van der Waals surface area (Å²) in [4.78, 5) is 30.2. The van der Waals surface area contributed by atoms with Crippen LogP contribution in [0.3, 0.4) is 0 Å². The number of amides is 1. The van der Waals surface area contributed by atoms with Crippen LogP contribution in [-0.4, -0.2) is 43.3 Å². The number of phenols is 1. The molecule has 3 unspecified atom stereocenters. The highest BCUT2D eigenvalue weighted by Crippen LogP contribution is 2.45. The number of ketones is 1. The Hall–Kier alpha value is -3.35. The third kappa shape index (κ3) is 4.07. The maximum atomic E-state index is 13.4. The number of carbonyl (C=O) groups is 2. The summed E-state index contributed by atoms with van der Waals surface area (Å²) in [7, 11) is 3.19. The Bertz CT molecular complexity index is 1080.